The number of hydrogen-bond acceptors (Lipinski definition) is 3. The van der Waals surface area contributed by atoms with E-state index in [0.29, 0.717) is 0 Å². The minimum atomic E-state index is -4.45. The molecule has 0 atom stereocenters. The molecule has 0 aliphatic heterocycles. The Morgan fingerprint density at radius 1 is 0.957 bits per heavy atom. The van der Waals surface area contributed by atoms with Crippen LogP contribution in [0.5, 0.6) is 0 Å². The Morgan fingerprint density at radius 3 is 1.91 bits per heavy atom. The van der Waals surface area contributed by atoms with E-state index < -0.39 is 21.8 Å². The molecule has 2 rings (SSSR count). The zero-order valence-corrected chi connectivity index (χ0v) is 14.0. The average Bonchev–Trinajstić information content (AvgIpc) is 2.53. The maximum absolute atomic E-state index is 12.6. The van der Waals surface area contributed by atoms with Gasteiger partial charge in [-0.25, -0.2) is 8.42 Å². The second kappa shape index (κ2) is 6.45. The highest BCUT2D eigenvalue weighted by atomic mass is 32.2. The lowest BCUT2D eigenvalue weighted by Gasteiger charge is -2.20. The van der Waals surface area contributed by atoms with Gasteiger partial charge in [-0.1, -0.05) is 0 Å². The second-order valence-corrected chi connectivity index (χ2v) is 7.54. The van der Waals surface area contributed by atoms with Gasteiger partial charge >= 0.3 is 6.18 Å². The zero-order chi connectivity index (χ0) is 17.3. The third kappa shape index (κ3) is 3.81. The summed E-state index contributed by atoms with van der Waals surface area (Å²) >= 11 is 1.48. The van der Waals surface area contributed by atoms with Crippen molar-refractivity contribution in [2.45, 2.75) is 16.0 Å². The van der Waals surface area contributed by atoms with Crippen LogP contribution in [-0.4, -0.2) is 21.7 Å². The largest absolute Gasteiger partial charge is 0.416 e. The van der Waals surface area contributed by atoms with Crippen molar-refractivity contribution >= 4 is 27.5 Å². The molecule has 0 aromatic heterocycles. The van der Waals surface area contributed by atoms with Crippen LogP contribution in [0.1, 0.15) is 5.56 Å². The molecular formula is C15H14F3NO2S2. The molecule has 3 nitrogen and oxygen atoms in total. The number of halogens is 3. The molecule has 0 amide bonds. The zero-order valence-electron chi connectivity index (χ0n) is 12.3. The van der Waals surface area contributed by atoms with E-state index in [0.717, 1.165) is 33.5 Å². The van der Waals surface area contributed by atoms with Crippen LogP contribution in [0, 0.1) is 0 Å². The monoisotopic (exact) mass is 361 g/mol. The molecule has 2 aromatic carbocycles. The topological polar surface area (TPSA) is 37.4 Å². The summed E-state index contributed by atoms with van der Waals surface area (Å²) in [5.74, 6) is 0. The van der Waals surface area contributed by atoms with E-state index in [-0.39, 0.29) is 10.6 Å². The van der Waals surface area contributed by atoms with E-state index in [9.17, 15) is 21.6 Å². The SMILES string of the molecule is CSc1ccc(S(=O)(=O)N(C)c2ccc(C(F)(F)F)cc2)cc1. The fraction of sp³-hybridized carbons (Fsp3) is 0.200. The van der Waals surface area contributed by atoms with Crippen molar-refractivity contribution in [1.82, 2.24) is 0 Å². The van der Waals surface area contributed by atoms with E-state index in [2.05, 4.69) is 0 Å². The van der Waals surface area contributed by atoms with E-state index in [1.165, 1.54) is 30.9 Å². The van der Waals surface area contributed by atoms with Gasteiger partial charge in [-0.2, -0.15) is 13.2 Å². The van der Waals surface area contributed by atoms with Crippen molar-refractivity contribution in [2.24, 2.45) is 0 Å². The molecule has 0 radical (unpaired) electrons. The Hall–Kier alpha value is -1.67. The highest BCUT2D eigenvalue weighted by molar-refractivity contribution is 7.98. The predicted octanol–water partition coefficient (Wildman–Crippen LogP) is 4.25. The minimum absolute atomic E-state index is 0.0812. The Kier molecular flexibility index (Phi) is 4.95. The lowest BCUT2D eigenvalue weighted by Crippen LogP contribution is -2.26. The molecule has 0 heterocycles. The molecule has 0 N–H and O–H groups in total. The highest BCUT2D eigenvalue weighted by Gasteiger charge is 2.30. The molecule has 0 unspecified atom stereocenters. The van der Waals surface area contributed by atoms with Crippen LogP contribution < -0.4 is 4.31 Å². The Morgan fingerprint density at radius 2 is 1.48 bits per heavy atom. The van der Waals surface area contributed by atoms with Crippen LogP contribution in [-0.2, 0) is 16.2 Å². The first-order chi connectivity index (χ1) is 10.7. The number of nitrogens with zero attached hydrogens (tertiary/aromatic N) is 1. The summed E-state index contributed by atoms with van der Waals surface area (Å²) in [5.41, 5.74) is -0.664. The number of hydrogen-bond donors (Lipinski definition) is 0. The Balaban J connectivity index is 2.32. The van der Waals surface area contributed by atoms with E-state index in [1.54, 1.807) is 12.1 Å². The lowest BCUT2D eigenvalue weighted by atomic mass is 10.2. The van der Waals surface area contributed by atoms with E-state index in [4.69, 9.17) is 0 Å². The van der Waals surface area contributed by atoms with Crippen molar-refractivity contribution in [3.8, 4) is 0 Å². The van der Waals surface area contributed by atoms with Crippen molar-refractivity contribution in [3.63, 3.8) is 0 Å². The summed E-state index contributed by atoms with van der Waals surface area (Å²) in [6, 6.07) is 10.3. The van der Waals surface area contributed by atoms with Gasteiger partial charge in [0.25, 0.3) is 10.0 Å². The molecule has 0 spiro atoms. The van der Waals surface area contributed by atoms with Gasteiger partial charge in [0.2, 0.25) is 0 Å². The van der Waals surface area contributed by atoms with Crippen molar-refractivity contribution < 1.29 is 21.6 Å². The van der Waals surface area contributed by atoms with Gasteiger partial charge in [0.05, 0.1) is 16.1 Å². The average molecular weight is 361 g/mol. The van der Waals surface area contributed by atoms with Gasteiger partial charge in [-0.05, 0) is 54.8 Å². The van der Waals surface area contributed by atoms with Gasteiger partial charge in [-0.3, -0.25) is 4.31 Å². The van der Waals surface area contributed by atoms with Crippen LogP contribution in [0.4, 0.5) is 18.9 Å². The fourth-order valence-corrected chi connectivity index (χ4v) is 3.51. The molecule has 0 bridgehead atoms. The molecule has 0 saturated heterocycles. The molecule has 8 heteroatoms. The summed E-state index contributed by atoms with van der Waals surface area (Å²) in [6.07, 6.45) is -2.58. The summed E-state index contributed by atoms with van der Waals surface area (Å²) in [4.78, 5) is 0.999. The summed E-state index contributed by atoms with van der Waals surface area (Å²) in [6.45, 7) is 0. The first kappa shape index (κ1) is 17.7. The number of anilines is 1. The number of thioether (sulfide) groups is 1. The molecule has 0 saturated carbocycles. The first-order valence-electron chi connectivity index (χ1n) is 6.46. The number of benzene rings is 2. The van der Waals surface area contributed by atoms with Crippen molar-refractivity contribution in [2.75, 3.05) is 17.6 Å². The van der Waals surface area contributed by atoms with Gasteiger partial charge < -0.3 is 0 Å². The number of alkyl halides is 3. The summed E-state index contributed by atoms with van der Waals surface area (Å²) < 4.78 is 63.7. The maximum Gasteiger partial charge on any atom is 0.416 e. The van der Waals surface area contributed by atoms with Gasteiger partial charge in [0.15, 0.2) is 0 Å². The Labute approximate surface area is 137 Å². The van der Waals surface area contributed by atoms with Gasteiger partial charge in [-0.15, -0.1) is 11.8 Å². The fourth-order valence-electron chi connectivity index (χ4n) is 1.90. The summed E-state index contributed by atoms with van der Waals surface area (Å²) in [5, 5.41) is 0. The number of sulfonamides is 1. The third-order valence-electron chi connectivity index (χ3n) is 3.28. The molecule has 0 fully saturated rings. The maximum atomic E-state index is 12.6. The Bertz CT molecular complexity index is 770. The van der Waals surface area contributed by atoms with E-state index in [1.807, 2.05) is 6.26 Å². The van der Waals surface area contributed by atoms with Gasteiger partial charge in [0.1, 0.15) is 0 Å². The van der Waals surface area contributed by atoms with Crippen molar-refractivity contribution in [3.05, 3.63) is 54.1 Å². The second-order valence-electron chi connectivity index (χ2n) is 4.69. The number of rotatable bonds is 4. The van der Waals surface area contributed by atoms with E-state index >= 15 is 0 Å². The van der Waals surface area contributed by atoms with Crippen LogP contribution in [0.3, 0.4) is 0 Å². The third-order valence-corrected chi connectivity index (χ3v) is 5.82. The smallest absolute Gasteiger partial charge is 0.269 e. The molecular weight excluding hydrogens is 347 g/mol. The molecule has 2 aromatic rings. The molecule has 0 aliphatic carbocycles. The molecule has 0 aliphatic rings. The predicted molar refractivity (Wildman–Crippen MR) is 85.3 cm³/mol. The van der Waals surface area contributed by atoms with Crippen LogP contribution in [0.2, 0.25) is 0 Å². The highest BCUT2D eigenvalue weighted by Crippen LogP contribution is 2.31. The minimum Gasteiger partial charge on any atom is -0.269 e. The lowest BCUT2D eigenvalue weighted by molar-refractivity contribution is -0.137. The molecule has 124 valence electrons. The summed E-state index contributed by atoms with van der Waals surface area (Å²) in [7, 11) is -2.52. The quantitative estimate of drug-likeness (QED) is 0.764. The molecule has 23 heavy (non-hydrogen) atoms. The first-order valence-corrected chi connectivity index (χ1v) is 9.13. The van der Waals surface area contributed by atoms with Crippen LogP contribution >= 0.6 is 11.8 Å². The van der Waals surface area contributed by atoms with Crippen LogP contribution in [0.15, 0.2) is 58.3 Å². The van der Waals surface area contributed by atoms with Crippen molar-refractivity contribution in [1.29, 1.82) is 0 Å². The van der Waals surface area contributed by atoms with Gasteiger partial charge in [0, 0.05) is 11.9 Å². The normalized spacial score (nSPS) is 12.2. The van der Waals surface area contributed by atoms with Crippen LogP contribution in [0.25, 0.3) is 0 Å². The standard InChI is InChI=1S/C15H14F3NO2S2/c1-19(12-5-3-11(4-6-12)15(16,17)18)23(20,21)14-9-7-13(22-2)8-10-14/h3-10H,1-2H3.